The molecule has 0 spiro atoms. The number of likely N-dealkylation sites (tertiary alicyclic amines) is 1. The van der Waals surface area contributed by atoms with E-state index in [1.54, 1.807) is 6.07 Å². The number of aryl methyl sites for hydroxylation is 1. The molecule has 1 fully saturated rings. The Morgan fingerprint density at radius 3 is 2.62 bits per heavy atom. The van der Waals surface area contributed by atoms with Crippen molar-refractivity contribution in [3.05, 3.63) is 65.5 Å². The van der Waals surface area contributed by atoms with Crippen molar-refractivity contribution in [2.45, 2.75) is 31.7 Å². The summed E-state index contributed by atoms with van der Waals surface area (Å²) in [6.07, 6.45) is 5.27. The standard InChI is InChI=1S/C19H20N2O3/c22-18(15-9-11-17(19(23)24)20-13-15)21-12-4-7-16(21)10-8-14-5-2-1-3-6-14/h1-3,5-6,9,11,13,16H,4,7-8,10,12H2,(H,23,24)/t16-/m0/s1. The predicted octanol–water partition coefficient (Wildman–Crippen LogP) is 3.02. The van der Waals surface area contributed by atoms with Crippen molar-refractivity contribution < 1.29 is 14.7 Å². The van der Waals surface area contributed by atoms with E-state index in [2.05, 4.69) is 17.1 Å². The van der Waals surface area contributed by atoms with Gasteiger partial charge in [0.2, 0.25) is 0 Å². The maximum absolute atomic E-state index is 12.7. The summed E-state index contributed by atoms with van der Waals surface area (Å²) in [6.45, 7) is 0.749. The number of aromatic nitrogens is 1. The summed E-state index contributed by atoms with van der Waals surface area (Å²) in [5.41, 5.74) is 1.68. The van der Waals surface area contributed by atoms with Crippen LogP contribution in [0.5, 0.6) is 0 Å². The molecule has 0 radical (unpaired) electrons. The van der Waals surface area contributed by atoms with Crippen LogP contribution in [0.15, 0.2) is 48.7 Å². The Bertz CT molecular complexity index is 713. The van der Waals surface area contributed by atoms with E-state index in [1.807, 2.05) is 23.1 Å². The molecule has 5 nitrogen and oxygen atoms in total. The number of carbonyl (C=O) groups is 2. The van der Waals surface area contributed by atoms with Gasteiger partial charge in [-0.05, 0) is 43.4 Å². The van der Waals surface area contributed by atoms with Crippen LogP contribution in [0, 0.1) is 0 Å². The fourth-order valence-corrected chi connectivity index (χ4v) is 3.19. The van der Waals surface area contributed by atoms with Crippen LogP contribution in [0.4, 0.5) is 0 Å². The third kappa shape index (κ3) is 3.62. The first kappa shape index (κ1) is 16.2. The fraction of sp³-hybridized carbons (Fsp3) is 0.316. The van der Waals surface area contributed by atoms with Gasteiger partial charge in [-0.3, -0.25) is 4.79 Å². The first-order chi connectivity index (χ1) is 11.6. The van der Waals surface area contributed by atoms with Gasteiger partial charge in [0.05, 0.1) is 5.56 Å². The molecule has 0 saturated carbocycles. The molecule has 24 heavy (non-hydrogen) atoms. The number of benzene rings is 1. The molecule has 1 atom stereocenters. The van der Waals surface area contributed by atoms with Crippen LogP contribution in [0.2, 0.25) is 0 Å². The number of rotatable bonds is 5. The number of pyridine rings is 1. The maximum atomic E-state index is 12.7. The van der Waals surface area contributed by atoms with Crippen molar-refractivity contribution in [2.75, 3.05) is 6.54 Å². The molecule has 0 aliphatic carbocycles. The molecule has 0 unspecified atom stereocenters. The van der Waals surface area contributed by atoms with Crippen LogP contribution in [0.25, 0.3) is 0 Å². The molecule has 0 bridgehead atoms. The fourth-order valence-electron chi connectivity index (χ4n) is 3.19. The van der Waals surface area contributed by atoms with E-state index in [0.717, 1.165) is 32.2 Å². The number of hydrogen-bond donors (Lipinski definition) is 1. The molecular weight excluding hydrogens is 304 g/mol. The zero-order valence-corrected chi connectivity index (χ0v) is 13.4. The van der Waals surface area contributed by atoms with Gasteiger partial charge in [0.15, 0.2) is 0 Å². The van der Waals surface area contributed by atoms with Crippen molar-refractivity contribution in [1.82, 2.24) is 9.88 Å². The summed E-state index contributed by atoms with van der Waals surface area (Å²) in [6, 6.07) is 13.4. The van der Waals surface area contributed by atoms with Crippen molar-refractivity contribution in [2.24, 2.45) is 0 Å². The number of carboxylic acid groups (broad SMARTS) is 1. The van der Waals surface area contributed by atoms with Gasteiger partial charge < -0.3 is 10.0 Å². The number of carbonyl (C=O) groups excluding carboxylic acids is 1. The van der Waals surface area contributed by atoms with Gasteiger partial charge >= 0.3 is 5.97 Å². The molecule has 1 aromatic heterocycles. The Morgan fingerprint density at radius 2 is 1.96 bits per heavy atom. The minimum absolute atomic E-state index is 0.0476. The Morgan fingerprint density at radius 1 is 1.17 bits per heavy atom. The second kappa shape index (κ2) is 7.25. The molecule has 3 rings (SSSR count). The molecule has 2 aromatic rings. The SMILES string of the molecule is O=C(O)c1ccc(C(=O)N2CCC[C@H]2CCc2ccccc2)cn1. The maximum Gasteiger partial charge on any atom is 0.354 e. The van der Waals surface area contributed by atoms with E-state index < -0.39 is 5.97 Å². The Kier molecular flexibility index (Phi) is 4.89. The highest BCUT2D eigenvalue weighted by Gasteiger charge is 2.29. The first-order valence-corrected chi connectivity index (χ1v) is 8.19. The second-order valence-electron chi connectivity index (χ2n) is 6.06. The molecule has 1 aliphatic heterocycles. The Labute approximate surface area is 140 Å². The highest BCUT2D eigenvalue weighted by Crippen LogP contribution is 2.24. The van der Waals surface area contributed by atoms with Gasteiger partial charge in [0.1, 0.15) is 5.69 Å². The summed E-state index contributed by atoms with van der Waals surface area (Å²) >= 11 is 0. The average Bonchev–Trinajstić information content (AvgIpc) is 3.09. The van der Waals surface area contributed by atoms with E-state index in [4.69, 9.17) is 5.11 Å². The normalized spacial score (nSPS) is 17.0. The third-order valence-electron chi connectivity index (χ3n) is 4.48. The summed E-state index contributed by atoms with van der Waals surface area (Å²) in [4.78, 5) is 29.3. The van der Waals surface area contributed by atoms with Gasteiger partial charge in [-0.15, -0.1) is 0 Å². The number of nitrogens with zero attached hydrogens (tertiary/aromatic N) is 2. The zero-order chi connectivity index (χ0) is 16.9. The minimum Gasteiger partial charge on any atom is -0.477 e. The van der Waals surface area contributed by atoms with Crippen LogP contribution in [-0.2, 0) is 6.42 Å². The lowest BCUT2D eigenvalue weighted by Crippen LogP contribution is -2.35. The minimum atomic E-state index is -1.09. The summed E-state index contributed by atoms with van der Waals surface area (Å²) in [5.74, 6) is -1.15. The highest BCUT2D eigenvalue weighted by atomic mass is 16.4. The molecule has 1 N–H and O–H groups in total. The van der Waals surface area contributed by atoms with Crippen LogP contribution < -0.4 is 0 Å². The molecule has 124 valence electrons. The molecule has 5 heteroatoms. The van der Waals surface area contributed by atoms with E-state index in [1.165, 1.54) is 17.8 Å². The monoisotopic (exact) mass is 324 g/mol. The van der Waals surface area contributed by atoms with Gasteiger partial charge in [0.25, 0.3) is 5.91 Å². The number of hydrogen-bond acceptors (Lipinski definition) is 3. The quantitative estimate of drug-likeness (QED) is 0.918. The van der Waals surface area contributed by atoms with Crippen LogP contribution >= 0.6 is 0 Å². The van der Waals surface area contributed by atoms with Gasteiger partial charge in [-0.2, -0.15) is 0 Å². The number of aromatic carboxylic acids is 1. The van der Waals surface area contributed by atoms with E-state index in [0.29, 0.717) is 5.56 Å². The van der Waals surface area contributed by atoms with Crippen molar-refractivity contribution in [1.29, 1.82) is 0 Å². The zero-order valence-electron chi connectivity index (χ0n) is 13.4. The third-order valence-corrected chi connectivity index (χ3v) is 4.48. The van der Waals surface area contributed by atoms with Crippen molar-refractivity contribution in [3.63, 3.8) is 0 Å². The summed E-state index contributed by atoms with van der Waals surface area (Å²) in [7, 11) is 0. The van der Waals surface area contributed by atoms with E-state index >= 15 is 0 Å². The molecule has 1 amide bonds. The number of amides is 1. The average molecular weight is 324 g/mol. The highest BCUT2D eigenvalue weighted by molar-refractivity contribution is 5.95. The largest absolute Gasteiger partial charge is 0.477 e. The lowest BCUT2D eigenvalue weighted by molar-refractivity contribution is 0.0685. The van der Waals surface area contributed by atoms with Gasteiger partial charge in [-0.25, -0.2) is 9.78 Å². The molecule has 2 heterocycles. The van der Waals surface area contributed by atoms with Gasteiger partial charge in [0, 0.05) is 18.8 Å². The second-order valence-corrected chi connectivity index (χ2v) is 6.06. The molecule has 1 aromatic carbocycles. The van der Waals surface area contributed by atoms with Crippen LogP contribution in [0.1, 0.15) is 45.7 Å². The molecular formula is C19H20N2O3. The van der Waals surface area contributed by atoms with Crippen LogP contribution in [-0.4, -0.2) is 39.5 Å². The van der Waals surface area contributed by atoms with Crippen molar-refractivity contribution >= 4 is 11.9 Å². The molecule has 1 aliphatic rings. The lowest BCUT2D eigenvalue weighted by atomic mass is 10.0. The summed E-state index contributed by atoms with van der Waals surface area (Å²) in [5, 5.41) is 8.89. The Hall–Kier alpha value is -2.69. The van der Waals surface area contributed by atoms with Crippen LogP contribution in [0.3, 0.4) is 0 Å². The summed E-state index contributed by atoms with van der Waals surface area (Å²) < 4.78 is 0. The first-order valence-electron chi connectivity index (χ1n) is 8.19. The van der Waals surface area contributed by atoms with Crippen molar-refractivity contribution in [3.8, 4) is 0 Å². The lowest BCUT2D eigenvalue weighted by Gasteiger charge is -2.25. The van der Waals surface area contributed by atoms with E-state index in [-0.39, 0.29) is 17.6 Å². The molecule has 1 saturated heterocycles. The topological polar surface area (TPSA) is 70.5 Å². The predicted molar refractivity (Wildman–Crippen MR) is 90.0 cm³/mol. The smallest absolute Gasteiger partial charge is 0.354 e. The number of carboxylic acids is 1. The van der Waals surface area contributed by atoms with Gasteiger partial charge in [-0.1, -0.05) is 30.3 Å². The Balaban J connectivity index is 1.65. The van der Waals surface area contributed by atoms with E-state index in [9.17, 15) is 9.59 Å².